The van der Waals surface area contributed by atoms with Crippen molar-refractivity contribution in [2.24, 2.45) is 5.41 Å². The second-order valence-electron chi connectivity index (χ2n) is 16.9. The molecule has 0 aliphatic carbocycles. The Bertz CT molecular complexity index is 2520. The van der Waals surface area contributed by atoms with Gasteiger partial charge < -0.3 is 29.7 Å². The number of anilines is 1. The zero-order valence-corrected chi connectivity index (χ0v) is 36.0. The Morgan fingerprint density at radius 3 is 2.16 bits per heavy atom. The number of sulfonamides is 1. The number of benzene rings is 4. The summed E-state index contributed by atoms with van der Waals surface area (Å²) < 4.78 is 45.9. The quantitative estimate of drug-likeness (QED) is 0.117. The van der Waals surface area contributed by atoms with E-state index in [4.69, 9.17) is 19.2 Å². The lowest BCUT2D eigenvalue weighted by atomic mass is 9.85. The van der Waals surface area contributed by atoms with Crippen LogP contribution in [0.5, 0.6) is 11.5 Å². The number of likely N-dealkylation sites (tertiary alicyclic amines) is 1. The van der Waals surface area contributed by atoms with Gasteiger partial charge in [0, 0.05) is 29.5 Å². The molecule has 14 nitrogen and oxygen atoms in total. The fourth-order valence-electron chi connectivity index (χ4n) is 6.98. The number of hydrogen-bond donors (Lipinski definition) is 3. The number of pyridine rings is 1. The molecule has 0 bridgehead atoms. The van der Waals surface area contributed by atoms with Crippen LogP contribution in [0.2, 0.25) is 0 Å². The number of hydrogen-bond acceptors (Lipinski definition) is 10. The molecule has 6 rings (SSSR count). The Labute approximate surface area is 356 Å². The van der Waals surface area contributed by atoms with Crippen molar-refractivity contribution < 1.29 is 41.8 Å². The molecular weight excluding hydrogens is 799 g/mol. The molecule has 0 spiro atoms. The molecule has 4 amide bonds. The standard InChI is InChI=1S/C46H51N5O9S/c1-45(2,3)40(49-44(55)60-46(4,5)6)43(54)51-27-32(59-39-26-36(30-18-12-9-13-19-30)47-37-24-31(58-7)22-23-33(37)39)25-38(51)42(53)48-35-21-15-14-20-34(35)41(52)50-61(56,57)28-29-16-10-8-11-17-29/h8-24,26,32,38,40H,25,27-28H2,1-7H3,(H,48,53)(H,49,55)(H,50,52)/t32-,38+,40-/m1/s1. The zero-order valence-electron chi connectivity index (χ0n) is 35.2. The first-order chi connectivity index (χ1) is 28.8. The Morgan fingerprint density at radius 2 is 1.51 bits per heavy atom. The number of rotatable bonds is 12. The second-order valence-corrected chi connectivity index (χ2v) is 18.6. The van der Waals surface area contributed by atoms with E-state index in [9.17, 15) is 27.6 Å². The third kappa shape index (κ3) is 11.2. The first-order valence-corrected chi connectivity index (χ1v) is 21.4. The van der Waals surface area contributed by atoms with E-state index in [-0.39, 0.29) is 24.2 Å². The topological polar surface area (TPSA) is 182 Å². The number of alkyl carbamates (subject to hydrolysis) is 1. The van der Waals surface area contributed by atoms with Crippen molar-refractivity contribution in [2.75, 3.05) is 19.0 Å². The van der Waals surface area contributed by atoms with E-state index in [0.29, 0.717) is 33.7 Å². The molecule has 1 aliphatic rings. The van der Waals surface area contributed by atoms with Crippen LogP contribution in [-0.4, -0.2) is 79.6 Å². The number of para-hydroxylation sites is 1. The summed E-state index contributed by atoms with van der Waals surface area (Å²) in [5.74, 6) is -1.55. The van der Waals surface area contributed by atoms with Crippen LogP contribution in [0.3, 0.4) is 0 Å². The van der Waals surface area contributed by atoms with Crippen LogP contribution in [-0.2, 0) is 30.1 Å². The van der Waals surface area contributed by atoms with Gasteiger partial charge in [0.15, 0.2) is 0 Å². The average molecular weight is 850 g/mol. The van der Waals surface area contributed by atoms with Gasteiger partial charge >= 0.3 is 6.09 Å². The number of amides is 4. The molecule has 5 aromatic rings. The molecule has 0 unspecified atom stereocenters. The van der Waals surface area contributed by atoms with Crippen molar-refractivity contribution >= 4 is 50.4 Å². The molecule has 0 saturated carbocycles. The van der Waals surface area contributed by atoms with Crippen molar-refractivity contribution in [3.05, 3.63) is 120 Å². The number of carbonyl (C=O) groups is 4. The van der Waals surface area contributed by atoms with Crippen molar-refractivity contribution in [2.45, 2.75) is 77.5 Å². The van der Waals surface area contributed by atoms with Crippen molar-refractivity contribution in [1.82, 2.24) is 19.9 Å². The van der Waals surface area contributed by atoms with Crippen LogP contribution in [0.4, 0.5) is 10.5 Å². The van der Waals surface area contributed by atoms with E-state index < -0.39 is 68.8 Å². The van der Waals surface area contributed by atoms with Gasteiger partial charge in [-0.1, -0.05) is 93.6 Å². The molecular formula is C46H51N5O9S. The van der Waals surface area contributed by atoms with Gasteiger partial charge in [-0.05, 0) is 56.0 Å². The Kier molecular flexibility index (Phi) is 13.0. The van der Waals surface area contributed by atoms with Crippen molar-refractivity contribution in [3.8, 4) is 22.8 Å². The lowest BCUT2D eigenvalue weighted by Crippen LogP contribution is -2.57. The van der Waals surface area contributed by atoms with Crippen LogP contribution < -0.4 is 24.8 Å². The summed E-state index contributed by atoms with van der Waals surface area (Å²) >= 11 is 0. The van der Waals surface area contributed by atoms with Crippen LogP contribution >= 0.6 is 0 Å². The van der Waals surface area contributed by atoms with Crippen LogP contribution in [0.1, 0.15) is 63.9 Å². The average Bonchev–Trinajstić information content (AvgIpc) is 3.63. The molecule has 4 aromatic carbocycles. The highest BCUT2D eigenvalue weighted by Gasteiger charge is 2.46. The highest BCUT2D eigenvalue weighted by Crippen LogP contribution is 2.35. The molecule has 61 heavy (non-hydrogen) atoms. The molecule has 1 fully saturated rings. The van der Waals surface area contributed by atoms with Crippen molar-refractivity contribution in [3.63, 3.8) is 0 Å². The van der Waals surface area contributed by atoms with Gasteiger partial charge in [0.25, 0.3) is 5.91 Å². The summed E-state index contributed by atoms with van der Waals surface area (Å²) in [6.45, 7) is 10.4. The number of aromatic nitrogens is 1. The fraction of sp³-hybridized carbons (Fsp3) is 0.326. The number of nitrogens with zero attached hydrogens (tertiary/aromatic N) is 2. The summed E-state index contributed by atoms with van der Waals surface area (Å²) in [7, 11) is -2.56. The lowest BCUT2D eigenvalue weighted by molar-refractivity contribution is -0.140. The van der Waals surface area contributed by atoms with E-state index in [1.54, 1.807) is 97.2 Å². The van der Waals surface area contributed by atoms with Gasteiger partial charge in [-0.3, -0.25) is 14.4 Å². The van der Waals surface area contributed by atoms with Gasteiger partial charge in [0.05, 0.1) is 41.9 Å². The van der Waals surface area contributed by atoms with E-state index in [1.165, 1.54) is 23.1 Å². The summed E-state index contributed by atoms with van der Waals surface area (Å²) in [6, 6.07) is 28.9. The molecule has 1 aromatic heterocycles. The third-order valence-electron chi connectivity index (χ3n) is 9.84. The zero-order chi connectivity index (χ0) is 44.1. The number of ether oxygens (including phenoxy) is 3. The van der Waals surface area contributed by atoms with E-state index >= 15 is 0 Å². The fourth-order valence-corrected chi connectivity index (χ4v) is 8.08. The molecule has 320 valence electrons. The Hall–Kier alpha value is -6.48. The predicted octanol–water partition coefficient (Wildman–Crippen LogP) is 7.10. The van der Waals surface area contributed by atoms with Crippen LogP contribution in [0, 0.1) is 5.41 Å². The lowest BCUT2D eigenvalue weighted by Gasteiger charge is -2.35. The van der Waals surface area contributed by atoms with E-state index in [2.05, 4.69) is 15.4 Å². The Balaban J connectivity index is 1.33. The minimum atomic E-state index is -4.12. The Morgan fingerprint density at radius 1 is 0.852 bits per heavy atom. The van der Waals surface area contributed by atoms with Crippen LogP contribution in [0.25, 0.3) is 22.2 Å². The summed E-state index contributed by atoms with van der Waals surface area (Å²) in [4.78, 5) is 62.1. The summed E-state index contributed by atoms with van der Waals surface area (Å²) in [5.41, 5.74) is 0.792. The summed E-state index contributed by atoms with van der Waals surface area (Å²) in [6.07, 6.45) is -1.52. The molecule has 1 saturated heterocycles. The molecule has 3 N–H and O–H groups in total. The third-order valence-corrected chi connectivity index (χ3v) is 11.1. The smallest absolute Gasteiger partial charge is 0.408 e. The number of methoxy groups -OCH3 is 1. The highest BCUT2D eigenvalue weighted by atomic mass is 32.2. The number of nitrogens with one attached hydrogen (secondary N) is 3. The largest absolute Gasteiger partial charge is 0.497 e. The van der Waals surface area contributed by atoms with Gasteiger partial charge in [0.2, 0.25) is 21.8 Å². The molecule has 2 heterocycles. The van der Waals surface area contributed by atoms with E-state index in [0.717, 1.165) is 5.56 Å². The SMILES string of the molecule is COc1ccc2c(O[C@@H]3C[C@@H](C(=O)Nc4ccccc4C(=O)NS(=O)(=O)Cc4ccccc4)N(C(=O)[C@@H](NC(=O)OC(C)(C)C)C(C)(C)C)C3)cc(-c3ccccc3)nc2c1. The maximum absolute atomic E-state index is 14.7. The maximum Gasteiger partial charge on any atom is 0.408 e. The normalized spacial score (nSPS) is 16.0. The minimum Gasteiger partial charge on any atom is -0.497 e. The molecule has 15 heteroatoms. The highest BCUT2D eigenvalue weighted by molar-refractivity contribution is 7.89. The van der Waals surface area contributed by atoms with Gasteiger partial charge in [-0.2, -0.15) is 0 Å². The minimum absolute atomic E-state index is 0.0152. The first-order valence-electron chi connectivity index (χ1n) is 19.8. The molecule has 0 radical (unpaired) electrons. The first kappa shape index (κ1) is 44.1. The van der Waals surface area contributed by atoms with Gasteiger partial charge in [0.1, 0.15) is 35.3 Å². The van der Waals surface area contributed by atoms with Crippen LogP contribution in [0.15, 0.2) is 109 Å². The molecule has 3 atom stereocenters. The van der Waals surface area contributed by atoms with Gasteiger partial charge in [-0.25, -0.2) is 22.9 Å². The number of fused-ring (bicyclic) bond motifs is 1. The number of carbonyl (C=O) groups excluding carboxylic acids is 4. The summed E-state index contributed by atoms with van der Waals surface area (Å²) in [5, 5.41) is 6.19. The van der Waals surface area contributed by atoms with E-state index in [1.807, 2.05) is 42.5 Å². The monoisotopic (exact) mass is 849 g/mol. The maximum atomic E-state index is 14.7. The molecule has 1 aliphatic heterocycles. The van der Waals surface area contributed by atoms with Crippen molar-refractivity contribution in [1.29, 1.82) is 0 Å². The second kappa shape index (κ2) is 18.0. The predicted molar refractivity (Wildman–Crippen MR) is 232 cm³/mol. The van der Waals surface area contributed by atoms with Gasteiger partial charge in [-0.15, -0.1) is 0 Å².